The van der Waals surface area contributed by atoms with E-state index in [4.69, 9.17) is 9.26 Å². The third-order valence-corrected chi connectivity index (χ3v) is 5.07. The van der Waals surface area contributed by atoms with Gasteiger partial charge >= 0.3 is 0 Å². The minimum Gasteiger partial charge on any atom is -0.497 e. The van der Waals surface area contributed by atoms with Crippen molar-refractivity contribution in [2.75, 3.05) is 13.7 Å². The highest BCUT2D eigenvalue weighted by atomic mass is 16.5. The number of methoxy groups -OCH3 is 1. The summed E-state index contributed by atoms with van der Waals surface area (Å²) in [7, 11) is 1.62. The van der Waals surface area contributed by atoms with E-state index >= 15 is 0 Å². The third kappa shape index (κ3) is 4.64. The van der Waals surface area contributed by atoms with Gasteiger partial charge in [-0.25, -0.2) is 0 Å². The van der Waals surface area contributed by atoms with Crippen molar-refractivity contribution in [2.24, 2.45) is 0 Å². The molecule has 4 aromatic rings. The third-order valence-electron chi connectivity index (χ3n) is 5.07. The molecule has 3 aromatic carbocycles. The molecule has 0 aliphatic carbocycles. The normalized spacial score (nSPS) is 10.7. The van der Waals surface area contributed by atoms with Crippen molar-refractivity contribution < 1.29 is 14.1 Å². The number of ether oxygens (including phenoxy) is 1. The molecule has 6 heteroatoms. The van der Waals surface area contributed by atoms with Crippen molar-refractivity contribution in [1.29, 1.82) is 0 Å². The van der Waals surface area contributed by atoms with E-state index in [-0.39, 0.29) is 18.9 Å². The molecule has 0 spiro atoms. The first-order valence-corrected chi connectivity index (χ1v) is 10.00. The van der Waals surface area contributed by atoms with Gasteiger partial charge in [0.2, 0.25) is 17.6 Å². The summed E-state index contributed by atoms with van der Waals surface area (Å²) >= 11 is 0. The van der Waals surface area contributed by atoms with E-state index in [1.54, 1.807) is 18.1 Å². The van der Waals surface area contributed by atoms with Crippen LogP contribution in [0.5, 0.6) is 5.75 Å². The molecule has 1 heterocycles. The summed E-state index contributed by atoms with van der Waals surface area (Å²) in [4.78, 5) is 19.2. The van der Waals surface area contributed by atoms with E-state index in [1.165, 1.54) is 0 Å². The second-order valence-electron chi connectivity index (χ2n) is 7.12. The Morgan fingerprint density at radius 1 is 1.10 bits per heavy atom. The van der Waals surface area contributed by atoms with Crippen LogP contribution >= 0.6 is 0 Å². The number of carbonyl (C=O) groups is 1. The van der Waals surface area contributed by atoms with Crippen molar-refractivity contribution >= 4 is 16.7 Å². The second kappa shape index (κ2) is 9.26. The largest absolute Gasteiger partial charge is 0.497 e. The lowest BCUT2D eigenvalue weighted by Gasteiger charge is -2.19. The van der Waals surface area contributed by atoms with Gasteiger partial charge in [0.25, 0.3) is 0 Å². The topological polar surface area (TPSA) is 68.5 Å². The molecule has 0 radical (unpaired) electrons. The van der Waals surface area contributed by atoms with E-state index in [0.717, 1.165) is 27.6 Å². The van der Waals surface area contributed by atoms with Gasteiger partial charge in [0.15, 0.2) is 0 Å². The maximum absolute atomic E-state index is 13.1. The summed E-state index contributed by atoms with van der Waals surface area (Å²) in [5.74, 6) is 1.57. The van der Waals surface area contributed by atoms with E-state index in [1.807, 2.05) is 66.7 Å². The lowest BCUT2D eigenvalue weighted by atomic mass is 10.0. The van der Waals surface area contributed by atoms with Gasteiger partial charge in [-0.15, -0.1) is 6.58 Å². The zero-order chi connectivity index (χ0) is 21.6. The van der Waals surface area contributed by atoms with Crippen LogP contribution in [0.1, 0.15) is 11.5 Å². The molecule has 0 bridgehead atoms. The molecule has 0 atom stereocenters. The highest BCUT2D eigenvalue weighted by molar-refractivity contribution is 5.90. The predicted molar refractivity (Wildman–Crippen MR) is 120 cm³/mol. The van der Waals surface area contributed by atoms with Crippen molar-refractivity contribution in [1.82, 2.24) is 15.0 Å². The molecule has 6 nitrogen and oxygen atoms in total. The average molecular weight is 413 g/mol. The molecular weight excluding hydrogens is 390 g/mol. The maximum atomic E-state index is 13.1. The van der Waals surface area contributed by atoms with E-state index in [0.29, 0.717) is 18.3 Å². The summed E-state index contributed by atoms with van der Waals surface area (Å²) in [6, 6.07) is 21.5. The van der Waals surface area contributed by atoms with Crippen LogP contribution in [0, 0.1) is 0 Å². The van der Waals surface area contributed by atoms with Gasteiger partial charge in [-0.05, 0) is 40.6 Å². The van der Waals surface area contributed by atoms with Crippen LogP contribution < -0.4 is 4.74 Å². The van der Waals surface area contributed by atoms with Crippen LogP contribution in [-0.4, -0.2) is 34.6 Å². The Labute approximate surface area is 180 Å². The average Bonchev–Trinajstić information content (AvgIpc) is 3.28. The van der Waals surface area contributed by atoms with Crippen LogP contribution in [0.2, 0.25) is 0 Å². The number of nitrogens with zero attached hydrogens (tertiary/aromatic N) is 3. The van der Waals surface area contributed by atoms with Crippen LogP contribution in [-0.2, 0) is 17.8 Å². The van der Waals surface area contributed by atoms with Crippen LogP contribution in [0.3, 0.4) is 0 Å². The summed E-state index contributed by atoms with van der Waals surface area (Å²) in [6.07, 6.45) is 1.98. The quantitative estimate of drug-likeness (QED) is 0.393. The van der Waals surface area contributed by atoms with Crippen molar-refractivity contribution in [3.8, 4) is 17.1 Å². The summed E-state index contributed by atoms with van der Waals surface area (Å²) in [5, 5.41) is 6.24. The lowest BCUT2D eigenvalue weighted by Crippen LogP contribution is -2.32. The van der Waals surface area contributed by atoms with Crippen LogP contribution in [0.15, 0.2) is 83.9 Å². The molecule has 0 saturated heterocycles. The number of hydrogen-bond acceptors (Lipinski definition) is 5. The SMILES string of the molecule is C=CCN(Cc1nc(-c2ccc(OC)cc2)no1)C(=O)Cc1cccc2ccccc12. The molecule has 0 fully saturated rings. The zero-order valence-electron chi connectivity index (χ0n) is 17.3. The Hall–Kier alpha value is -3.93. The van der Waals surface area contributed by atoms with Gasteiger partial charge in [-0.3, -0.25) is 4.79 Å². The Kier molecular flexibility index (Phi) is 6.08. The summed E-state index contributed by atoms with van der Waals surface area (Å²) < 4.78 is 10.6. The minimum atomic E-state index is -0.0274. The number of rotatable bonds is 8. The fourth-order valence-corrected chi connectivity index (χ4v) is 3.47. The number of amides is 1. The molecule has 0 unspecified atom stereocenters. The van der Waals surface area contributed by atoms with E-state index in [9.17, 15) is 4.79 Å². The predicted octanol–water partition coefficient (Wildman–Crippen LogP) is 4.66. The fourth-order valence-electron chi connectivity index (χ4n) is 3.47. The second-order valence-corrected chi connectivity index (χ2v) is 7.12. The van der Waals surface area contributed by atoms with Gasteiger partial charge in [0.1, 0.15) is 12.3 Å². The fraction of sp³-hybridized carbons (Fsp3) is 0.160. The molecule has 156 valence electrons. The molecular formula is C25H23N3O3. The van der Waals surface area contributed by atoms with Crippen molar-refractivity contribution in [2.45, 2.75) is 13.0 Å². The molecule has 1 aromatic heterocycles. The Morgan fingerprint density at radius 2 is 1.87 bits per heavy atom. The molecule has 4 rings (SSSR count). The van der Waals surface area contributed by atoms with Crippen LogP contribution in [0.4, 0.5) is 0 Å². The minimum absolute atomic E-state index is 0.0274. The van der Waals surface area contributed by atoms with Crippen LogP contribution in [0.25, 0.3) is 22.2 Å². The molecule has 0 aliphatic heterocycles. The first-order valence-electron chi connectivity index (χ1n) is 10.00. The molecule has 0 aliphatic rings. The number of benzene rings is 3. The Bertz CT molecular complexity index is 1190. The number of fused-ring (bicyclic) bond motifs is 1. The van der Waals surface area contributed by atoms with E-state index in [2.05, 4.69) is 16.7 Å². The molecule has 1 amide bonds. The first-order chi connectivity index (χ1) is 15.2. The highest BCUT2D eigenvalue weighted by Gasteiger charge is 2.18. The summed E-state index contributed by atoms with van der Waals surface area (Å²) in [5.41, 5.74) is 1.80. The molecule has 0 saturated carbocycles. The summed E-state index contributed by atoms with van der Waals surface area (Å²) in [6.45, 7) is 4.39. The zero-order valence-corrected chi connectivity index (χ0v) is 17.3. The Morgan fingerprint density at radius 3 is 2.65 bits per heavy atom. The molecule has 31 heavy (non-hydrogen) atoms. The number of aromatic nitrogens is 2. The standard InChI is InChI=1S/C25H23N3O3/c1-3-15-28(24(29)16-20-9-6-8-18-7-4-5-10-22(18)20)17-23-26-25(27-31-23)19-11-13-21(30-2)14-12-19/h3-14H,1,15-17H2,2H3. The molecule has 0 N–H and O–H groups in total. The highest BCUT2D eigenvalue weighted by Crippen LogP contribution is 2.22. The van der Waals surface area contributed by atoms with Gasteiger partial charge in [0, 0.05) is 12.1 Å². The van der Waals surface area contributed by atoms with Gasteiger partial charge < -0.3 is 14.2 Å². The Balaban J connectivity index is 1.50. The smallest absolute Gasteiger partial charge is 0.246 e. The van der Waals surface area contributed by atoms with Gasteiger partial charge in [-0.2, -0.15) is 4.98 Å². The first kappa shape index (κ1) is 20.3. The van der Waals surface area contributed by atoms with Gasteiger partial charge in [0.05, 0.1) is 13.5 Å². The van der Waals surface area contributed by atoms with Gasteiger partial charge in [-0.1, -0.05) is 53.7 Å². The number of hydrogen-bond donors (Lipinski definition) is 0. The van der Waals surface area contributed by atoms with E-state index < -0.39 is 0 Å². The monoisotopic (exact) mass is 413 g/mol. The number of carbonyl (C=O) groups excluding carboxylic acids is 1. The maximum Gasteiger partial charge on any atom is 0.246 e. The van der Waals surface area contributed by atoms with Crippen molar-refractivity contribution in [3.05, 3.63) is 90.8 Å². The lowest BCUT2D eigenvalue weighted by molar-refractivity contribution is -0.130. The van der Waals surface area contributed by atoms with Crippen molar-refractivity contribution in [3.63, 3.8) is 0 Å².